The van der Waals surface area contributed by atoms with Gasteiger partial charge in [0.15, 0.2) is 0 Å². The van der Waals surface area contributed by atoms with Gasteiger partial charge in [-0.3, -0.25) is 4.79 Å². The fourth-order valence-electron chi connectivity index (χ4n) is 2.42. The lowest BCUT2D eigenvalue weighted by Gasteiger charge is -2.22. The maximum Gasteiger partial charge on any atom is 0.319 e. The predicted molar refractivity (Wildman–Crippen MR) is 101 cm³/mol. The van der Waals surface area contributed by atoms with Crippen LogP contribution in [0.2, 0.25) is 0 Å². The molecule has 0 aliphatic carbocycles. The second kappa shape index (κ2) is 8.53. The number of carbonyl (C=O) groups is 2. The molecule has 0 spiro atoms. The number of anilines is 2. The van der Waals surface area contributed by atoms with Gasteiger partial charge in [-0.25, -0.2) is 4.79 Å². The van der Waals surface area contributed by atoms with Crippen molar-refractivity contribution in [3.63, 3.8) is 0 Å². The number of ether oxygens (including phenoxy) is 1. The average Bonchev–Trinajstić information content (AvgIpc) is 3.06. The van der Waals surface area contributed by atoms with Crippen molar-refractivity contribution in [2.45, 2.75) is 26.8 Å². The molecule has 1 aromatic carbocycles. The quantitative estimate of drug-likeness (QED) is 0.720. The molecule has 25 heavy (non-hydrogen) atoms. The summed E-state index contributed by atoms with van der Waals surface area (Å²) < 4.78 is 5.28. The molecule has 2 aromatic rings. The third kappa shape index (κ3) is 5.22. The molecule has 0 bridgehead atoms. The lowest BCUT2D eigenvalue weighted by atomic mass is 10.0. The van der Waals surface area contributed by atoms with Crippen LogP contribution in [0.3, 0.4) is 0 Å². The fourth-order valence-corrected chi connectivity index (χ4v) is 3.37. The number of thiophene rings is 1. The third-order valence-electron chi connectivity index (χ3n) is 3.57. The Labute approximate surface area is 151 Å². The van der Waals surface area contributed by atoms with Crippen LogP contribution in [0.25, 0.3) is 0 Å². The van der Waals surface area contributed by atoms with Gasteiger partial charge < -0.3 is 20.7 Å². The smallest absolute Gasteiger partial charge is 0.319 e. The van der Waals surface area contributed by atoms with Crippen LogP contribution in [0.15, 0.2) is 35.7 Å². The van der Waals surface area contributed by atoms with E-state index in [1.807, 2.05) is 17.5 Å². The predicted octanol–water partition coefficient (Wildman–Crippen LogP) is 4.23. The summed E-state index contributed by atoms with van der Waals surface area (Å²) in [5.41, 5.74) is 1.07. The molecule has 6 nitrogen and oxygen atoms in total. The molecule has 3 N–H and O–H groups in total. The second-order valence-electron chi connectivity index (χ2n) is 5.93. The van der Waals surface area contributed by atoms with Gasteiger partial charge in [0.2, 0.25) is 5.91 Å². The van der Waals surface area contributed by atoms with Crippen molar-refractivity contribution in [1.29, 1.82) is 0 Å². The lowest BCUT2D eigenvalue weighted by Crippen LogP contribution is -2.34. The zero-order valence-electron chi connectivity index (χ0n) is 14.8. The Morgan fingerprint density at radius 2 is 1.92 bits per heavy atom. The number of hydrogen-bond donors (Lipinski definition) is 3. The summed E-state index contributed by atoms with van der Waals surface area (Å²) in [5.74, 6) is 0.580. The Hall–Kier alpha value is -2.54. The van der Waals surface area contributed by atoms with Gasteiger partial charge in [-0.1, -0.05) is 19.9 Å². The number of carbonyl (C=O) groups excluding carboxylic acids is 2. The molecule has 2 rings (SSSR count). The molecule has 0 saturated heterocycles. The number of amides is 3. The molecule has 7 heteroatoms. The van der Waals surface area contributed by atoms with Gasteiger partial charge in [-0.2, -0.15) is 0 Å². The second-order valence-corrected chi connectivity index (χ2v) is 6.91. The molecule has 0 aliphatic heterocycles. The maximum atomic E-state index is 12.5. The summed E-state index contributed by atoms with van der Waals surface area (Å²) in [6.07, 6.45) is 0. The molecule has 134 valence electrons. The van der Waals surface area contributed by atoms with E-state index in [0.717, 1.165) is 4.88 Å². The van der Waals surface area contributed by atoms with Crippen molar-refractivity contribution in [2.75, 3.05) is 17.7 Å². The highest BCUT2D eigenvalue weighted by atomic mass is 32.1. The molecule has 0 fully saturated rings. The van der Waals surface area contributed by atoms with Crippen LogP contribution in [-0.2, 0) is 4.79 Å². The minimum atomic E-state index is -0.328. The molecule has 0 saturated carbocycles. The molecule has 1 atom stereocenters. The zero-order chi connectivity index (χ0) is 18.4. The Balaban J connectivity index is 2.14. The topological polar surface area (TPSA) is 79.5 Å². The minimum Gasteiger partial charge on any atom is -0.495 e. The van der Waals surface area contributed by atoms with Gasteiger partial charge in [0.25, 0.3) is 0 Å². The number of urea groups is 1. The summed E-state index contributed by atoms with van der Waals surface area (Å²) in [6, 6.07) is 8.64. The van der Waals surface area contributed by atoms with Crippen LogP contribution in [0.1, 0.15) is 31.7 Å². The first-order valence-corrected chi connectivity index (χ1v) is 8.85. The first kappa shape index (κ1) is 18.8. The average molecular weight is 361 g/mol. The van der Waals surface area contributed by atoms with Crippen molar-refractivity contribution in [2.24, 2.45) is 5.92 Å². The Morgan fingerprint density at radius 1 is 1.16 bits per heavy atom. The summed E-state index contributed by atoms with van der Waals surface area (Å²) in [4.78, 5) is 24.8. The molecular formula is C18H23N3O3S. The van der Waals surface area contributed by atoms with Gasteiger partial charge >= 0.3 is 6.03 Å². The molecule has 0 aliphatic rings. The van der Waals surface area contributed by atoms with Gasteiger partial charge in [0, 0.05) is 17.5 Å². The largest absolute Gasteiger partial charge is 0.495 e. The number of rotatable bonds is 6. The maximum absolute atomic E-state index is 12.5. The highest BCUT2D eigenvalue weighted by molar-refractivity contribution is 7.10. The van der Waals surface area contributed by atoms with Crippen LogP contribution < -0.4 is 20.7 Å². The molecule has 1 heterocycles. The van der Waals surface area contributed by atoms with Crippen molar-refractivity contribution in [3.8, 4) is 5.75 Å². The van der Waals surface area contributed by atoms with Crippen molar-refractivity contribution in [1.82, 2.24) is 5.32 Å². The monoisotopic (exact) mass is 361 g/mol. The van der Waals surface area contributed by atoms with E-state index in [1.54, 1.807) is 29.5 Å². The lowest BCUT2D eigenvalue weighted by molar-refractivity contribution is -0.114. The van der Waals surface area contributed by atoms with Crippen LogP contribution >= 0.6 is 11.3 Å². The Bertz CT molecular complexity index is 729. The number of nitrogens with one attached hydrogen (secondary N) is 3. The highest BCUT2D eigenvalue weighted by Gasteiger charge is 2.20. The van der Waals surface area contributed by atoms with E-state index in [0.29, 0.717) is 17.1 Å². The van der Waals surface area contributed by atoms with Gasteiger partial charge in [-0.05, 0) is 35.6 Å². The van der Waals surface area contributed by atoms with E-state index >= 15 is 0 Å². The van der Waals surface area contributed by atoms with Crippen LogP contribution in [0.4, 0.5) is 16.2 Å². The van der Waals surface area contributed by atoms with E-state index in [1.165, 1.54) is 14.0 Å². The molecular weight excluding hydrogens is 338 g/mol. The van der Waals surface area contributed by atoms with Crippen LogP contribution in [-0.4, -0.2) is 19.0 Å². The number of hydrogen-bond acceptors (Lipinski definition) is 4. The van der Waals surface area contributed by atoms with E-state index < -0.39 is 0 Å². The van der Waals surface area contributed by atoms with E-state index in [4.69, 9.17) is 4.74 Å². The molecule has 0 radical (unpaired) electrons. The van der Waals surface area contributed by atoms with Gasteiger partial charge in [-0.15, -0.1) is 11.3 Å². The Kier molecular flexibility index (Phi) is 6.41. The van der Waals surface area contributed by atoms with Crippen LogP contribution in [0, 0.1) is 5.92 Å². The van der Waals surface area contributed by atoms with Crippen LogP contribution in [0.5, 0.6) is 5.75 Å². The minimum absolute atomic E-state index is 0.0791. The molecule has 1 aromatic heterocycles. The number of methoxy groups -OCH3 is 1. The SMILES string of the molecule is COc1ccc(NC(C)=O)cc1NC(=O)NC(c1cccs1)C(C)C. The fraction of sp³-hybridized carbons (Fsp3) is 0.333. The van der Waals surface area contributed by atoms with Crippen molar-refractivity contribution >= 4 is 34.6 Å². The van der Waals surface area contributed by atoms with Gasteiger partial charge in [0.05, 0.1) is 18.8 Å². The summed E-state index contributed by atoms with van der Waals surface area (Å²) in [6.45, 7) is 5.55. The van der Waals surface area contributed by atoms with Gasteiger partial charge in [0.1, 0.15) is 5.75 Å². The highest BCUT2D eigenvalue weighted by Crippen LogP contribution is 2.29. The summed E-state index contributed by atoms with van der Waals surface area (Å²) in [5, 5.41) is 10.5. The summed E-state index contributed by atoms with van der Waals surface area (Å²) >= 11 is 1.61. The first-order chi connectivity index (χ1) is 11.9. The summed E-state index contributed by atoms with van der Waals surface area (Å²) in [7, 11) is 1.53. The molecule has 1 unspecified atom stereocenters. The Morgan fingerprint density at radius 3 is 2.48 bits per heavy atom. The number of benzene rings is 1. The normalized spacial score (nSPS) is 11.7. The third-order valence-corrected chi connectivity index (χ3v) is 4.53. The van der Waals surface area contributed by atoms with Crippen molar-refractivity contribution < 1.29 is 14.3 Å². The van der Waals surface area contributed by atoms with E-state index in [-0.39, 0.29) is 23.9 Å². The van der Waals surface area contributed by atoms with E-state index in [2.05, 4.69) is 29.8 Å². The van der Waals surface area contributed by atoms with E-state index in [9.17, 15) is 9.59 Å². The first-order valence-electron chi connectivity index (χ1n) is 7.97. The van der Waals surface area contributed by atoms with Crippen molar-refractivity contribution in [3.05, 3.63) is 40.6 Å². The molecule has 3 amide bonds. The standard InChI is InChI=1S/C18H23N3O3S/c1-11(2)17(16-6-5-9-25-16)21-18(23)20-14-10-13(19-12(3)22)7-8-15(14)24-4/h5-11,17H,1-4H3,(H,19,22)(H2,20,21,23). The zero-order valence-corrected chi connectivity index (χ0v) is 15.6.